The van der Waals surface area contributed by atoms with E-state index in [2.05, 4.69) is 5.16 Å². The summed E-state index contributed by atoms with van der Waals surface area (Å²) in [7, 11) is 0. The zero-order valence-electron chi connectivity index (χ0n) is 9.99. The van der Waals surface area contributed by atoms with E-state index in [0.717, 1.165) is 17.8 Å². The molecule has 0 aliphatic heterocycles. The molecule has 0 fully saturated rings. The molecule has 0 saturated carbocycles. The summed E-state index contributed by atoms with van der Waals surface area (Å²) in [5.74, 6) is 1.18. The number of aryl methyl sites for hydroxylation is 1. The van der Waals surface area contributed by atoms with Crippen LogP contribution in [0.5, 0.6) is 0 Å². The summed E-state index contributed by atoms with van der Waals surface area (Å²) in [6, 6.07) is 5.10. The Kier molecular flexibility index (Phi) is 3.75. The third-order valence-corrected chi connectivity index (χ3v) is 3.51. The maximum Gasteiger partial charge on any atom is 0.416 e. The number of benzene rings is 1. The number of thioether (sulfide) groups is 1. The lowest BCUT2D eigenvalue weighted by atomic mass is 10.2. The van der Waals surface area contributed by atoms with Gasteiger partial charge >= 0.3 is 6.18 Å². The second-order valence-electron chi connectivity index (χ2n) is 3.97. The minimum atomic E-state index is -4.37. The Balaban J connectivity index is 2.09. The fraction of sp³-hybridized carbons (Fsp3) is 0.250. The van der Waals surface area contributed by atoms with E-state index in [1.54, 1.807) is 13.0 Å². The molecule has 19 heavy (non-hydrogen) atoms. The maximum atomic E-state index is 12.5. The molecule has 0 aliphatic carbocycles. The predicted molar refractivity (Wildman–Crippen MR) is 66.7 cm³/mol. The van der Waals surface area contributed by atoms with Gasteiger partial charge in [0.15, 0.2) is 0 Å². The molecule has 0 saturated heterocycles. The molecule has 0 atom stereocenters. The number of nitrogens with two attached hydrogens (primary N) is 1. The SMILES string of the molecule is Cc1cc(CSc2ccc(C(F)(F)F)cc2N)no1. The van der Waals surface area contributed by atoms with Gasteiger partial charge in [-0.1, -0.05) is 5.16 Å². The third kappa shape index (κ3) is 3.44. The van der Waals surface area contributed by atoms with Gasteiger partial charge in [-0.3, -0.25) is 0 Å². The number of anilines is 1. The Morgan fingerprint density at radius 1 is 1.32 bits per heavy atom. The number of hydrogen-bond donors (Lipinski definition) is 1. The number of aromatic nitrogens is 1. The molecule has 0 unspecified atom stereocenters. The van der Waals surface area contributed by atoms with E-state index in [9.17, 15) is 13.2 Å². The van der Waals surface area contributed by atoms with Crippen molar-refractivity contribution in [2.75, 3.05) is 5.73 Å². The van der Waals surface area contributed by atoms with Crippen molar-refractivity contribution >= 4 is 17.4 Å². The molecule has 1 heterocycles. The summed E-state index contributed by atoms with van der Waals surface area (Å²) < 4.78 is 42.3. The summed E-state index contributed by atoms with van der Waals surface area (Å²) in [5.41, 5.74) is 5.71. The second kappa shape index (κ2) is 5.16. The first-order valence-corrected chi connectivity index (χ1v) is 6.36. The van der Waals surface area contributed by atoms with Gasteiger partial charge in [0.2, 0.25) is 0 Å². The smallest absolute Gasteiger partial charge is 0.398 e. The number of nitrogen functional groups attached to an aromatic ring is 1. The molecule has 2 N–H and O–H groups in total. The van der Waals surface area contributed by atoms with E-state index < -0.39 is 11.7 Å². The van der Waals surface area contributed by atoms with E-state index in [0.29, 0.717) is 16.4 Å². The van der Waals surface area contributed by atoms with Crippen LogP contribution in [0.1, 0.15) is 17.0 Å². The molecule has 0 bridgehead atoms. The molecule has 1 aromatic carbocycles. The first kappa shape index (κ1) is 13.8. The van der Waals surface area contributed by atoms with Gasteiger partial charge in [-0.05, 0) is 25.1 Å². The van der Waals surface area contributed by atoms with Crippen LogP contribution in [0, 0.1) is 6.92 Å². The van der Waals surface area contributed by atoms with Crippen LogP contribution < -0.4 is 5.73 Å². The van der Waals surface area contributed by atoms with Crippen molar-refractivity contribution in [2.45, 2.75) is 23.7 Å². The Morgan fingerprint density at radius 2 is 2.05 bits per heavy atom. The van der Waals surface area contributed by atoms with Crippen LogP contribution in [0.15, 0.2) is 33.7 Å². The van der Waals surface area contributed by atoms with E-state index in [1.165, 1.54) is 17.8 Å². The van der Waals surface area contributed by atoms with E-state index in [4.69, 9.17) is 10.3 Å². The van der Waals surface area contributed by atoms with Crippen LogP contribution in [-0.2, 0) is 11.9 Å². The highest BCUT2D eigenvalue weighted by Gasteiger charge is 2.30. The molecular weight excluding hydrogens is 277 g/mol. The molecule has 7 heteroatoms. The van der Waals surface area contributed by atoms with Crippen molar-refractivity contribution in [3.05, 3.63) is 41.3 Å². The zero-order chi connectivity index (χ0) is 14.0. The van der Waals surface area contributed by atoms with E-state index in [1.807, 2.05) is 0 Å². The minimum Gasteiger partial charge on any atom is -0.398 e. The summed E-state index contributed by atoms with van der Waals surface area (Å²) >= 11 is 1.32. The second-order valence-corrected chi connectivity index (χ2v) is 4.99. The standard InChI is InChI=1S/C12H11F3N2OS/c1-7-4-9(17-18-7)6-19-11-3-2-8(5-10(11)16)12(13,14)15/h2-5H,6,16H2,1H3. The molecular formula is C12H11F3N2OS. The topological polar surface area (TPSA) is 52.0 Å². The third-order valence-electron chi connectivity index (χ3n) is 2.39. The van der Waals surface area contributed by atoms with E-state index in [-0.39, 0.29) is 5.69 Å². The molecule has 0 aliphatic rings. The number of nitrogens with zero attached hydrogens (tertiary/aromatic N) is 1. The molecule has 2 aromatic rings. The van der Waals surface area contributed by atoms with Gasteiger partial charge in [-0.25, -0.2) is 0 Å². The van der Waals surface area contributed by atoms with Crippen molar-refractivity contribution in [2.24, 2.45) is 0 Å². The van der Waals surface area contributed by atoms with Crippen molar-refractivity contribution in [3.8, 4) is 0 Å². The van der Waals surface area contributed by atoms with Crippen LogP contribution in [0.3, 0.4) is 0 Å². The van der Waals surface area contributed by atoms with Crippen LogP contribution in [0.2, 0.25) is 0 Å². The van der Waals surface area contributed by atoms with Crippen LogP contribution >= 0.6 is 11.8 Å². The van der Waals surface area contributed by atoms with E-state index >= 15 is 0 Å². The fourth-order valence-electron chi connectivity index (χ4n) is 1.49. The highest BCUT2D eigenvalue weighted by Crippen LogP contribution is 2.35. The summed E-state index contributed by atoms with van der Waals surface area (Å²) in [4.78, 5) is 0.591. The molecule has 1 aromatic heterocycles. The first-order chi connectivity index (χ1) is 8.86. The highest BCUT2D eigenvalue weighted by molar-refractivity contribution is 7.98. The molecule has 0 radical (unpaired) electrons. The maximum absolute atomic E-state index is 12.5. The van der Waals surface area contributed by atoms with Gasteiger partial charge in [-0.15, -0.1) is 11.8 Å². The molecule has 2 rings (SSSR count). The number of rotatable bonds is 3. The van der Waals surface area contributed by atoms with Gasteiger partial charge in [-0.2, -0.15) is 13.2 Å². The van der Waals surface area contributed by atoms with Crippen LogP contribution in [0.4, 0.5) is 18.9 Å². The lowest BCUT2D eigenvalue weighted by Crippen LogP contribution is -2.05. The van der Waals surface area contributed by atoms with Gasteiger partial charge in [0, 0.05) is 22.4 Å². The average molecular weight is 288 g/mol. The van der Waals surface area contributed by atoms with Gasteiger partial charge < -0.3 is 10.3 Å². The summed E-state index contributed by atoms with van der Waals surface area (Å²) in [6.07, 6.45) is -4.37. The van der Waals surface area contributed by atoms with Gasteiger partial charge in [0.1, 0.15) is 5.76 Å². The van der Waals surface area contributed by atoms with Crippen LogP contribution in [0.25, 0.3) is 0 Å². The Labute approximate surface area is 112 Å². The lowest BCUT2D eigenvalue weighted by molar-refractivity contribution is -0.137. The largest absolute Gasteiger partial charge is 0.416 e. The van der Waals surface area contributed by atoms with Crippen molar-refractivity contribution in [1.82, 2.24) is 5.16 Å². The molecule has 102 valence electrons. The fourth-order valence-corrected chi connectivity index (χ4v) is 2.32. The zero-order valence-corrected chi connectivity index (χ0v) is 10.8. The Hall–Kier alpha value is -1.63. The number of alkyl halides is 3. The number of halogens is 3. The van der Waals surface area contributed by atoms with Gasteiger partial charge in [0.25, 0.3) is 0 Å². The highest BCUT2D eigenvalue weighted by atomic mass is 32.2. The van der Waals surface area contributed by atoms with Crippen molar-refractivity contribution < 1.29 is 17.7 Å². The molecule has 0 spiro atoms. The number of hydrogen-bond acceptors (Lipinski definition) is 4. The molecule has 0 amide bonds. The predicted octanol–water partition coefficient (Wildman–Crippen LogP) is 3.88. The van der Waals surface area contributed by atoms with Crippen molar-refractivity contribution in [1.29, 1.82) is 0 Å². The monoisotopic (exact) mass is 288 g/mol. The summed E-state index contributed by atoms with van der Waals surface area (Å²) in [5, 5.41) is 3.80. The Morgan fingerprint density at radius 3 is 2.58 bits per heavy atom. The summed E-state index contributed by atoms with van der Waals surface area (Å²) in [6.45, 7) is 1.77. The first-order valence-electron chi connectivity index (χ1n) is 5.38. The normalized spacial score (nSPS) is 11.8. The van der Waals surface area contributed by atoms with Gasteiger partial charge in [0.05, 0.1) is 11.3 Å². The average Bonchev–Trinajstić information content (AvgIpc) is 2.72. The molecule has 3 nitrogen and oxygen atoms in total. The van der Waals surface area contributed by atoms with Crippen LogP contribution in [-0.4, -0.2) is 5.16 Å². The lowest BCUT2D eigenvalue weighted by Gasteiger charge is -2.10. The Bertz CT molecular complexity index is 581. The van der Waals surface area contributed by atoms with Crippen molar-refractivity contribution in [3.63, 3.8) is 0 Å². The quantitative estimate of drug-likeness (QED) is 0.688. The minimum absolute atomic E-state index is 0.111.